The molecule has 3 amide bonds. The van der Waals surface area contributed by atoms with Gasteiger partial charge >= 0.3 is 6.03 Å². The highest BCUT2D eigenvalue weighted by atomic mass is 35.5. The van der Waals surface area contributed by atoms with Crippen LogP contribution in [0.2, 0.25) is 0 Å². The molecule has 80 valence electrons. The Hall–Kier alpha value is -0.810. The summed E-state index contributed by atoms with van der Waals surface area (Å²) in [5.41, 5.74) is -0.378. The molecule has 1 aliphatic rings. The summed E-state index contributed by atoms with van der Waals surface area (Å²) in [4.78, 5) is 22.0. The summed E-state index contributed by atoms with van der Waals surface area (Å²) in [7, 11) is 0. The third-order valence-corrected chi connectivity index (χ3v) is 2.25. The van der Waals surface area contributed by atoms with Gasteiger partial charge in [0.05, 0.1) is 12.1 Å². The number of halogens is 1. The number of carbonyl (C=O) groups is 2. The highest BCUT2D eigenvalue weighted by Crippen LogP contribution is 2.16. The van der Waals surface area contributed by atoms with E-state index in [1.165, 1.54) is 0 Å². The zero-order chi connectivity index (χ0) is 10.6. The zero-order valence-electron chi connectivity index (χ0n) is 7.93. The van der Waals surface area contributed by atoms with Crippen molar-refractivity contribution < 1.29 is 14.3 Å². The van der Waals surface area contributed by atoms with Crippen molar-refractivity contribution in [3.8, 4) is 0 Å². The summed E-state index contributed by atoms with van der Waals surface area (Å²) < 4.78 is 5.14. The van der Waals surface area contributed by atoms with Crippen molar-refractivity contribution in [3.63, 3.8) is 0 Å². The molecule has 0 saturated carbocycles. The van der Waals surface area contributed by atoms with Crippen LogP contribution in [0.15, 0.2) is 0 Å². The van der Waals surface area contributed by atoms with Gasteiger partial charge in [0.15, 0.2) is 0 Å². The Morgan fingerprint density at radius 3 is 2.79 bits per heavy atom. The van der Waals surface area contributed by atoms with Crippen LogP contribution in [0.5, 0.6) is 0 Å². The van der Waals surface area contributed by atoms with E-state index in [1.54, 1.807) is 0 Å². The lowest BCUT2D eigenvalue weighted by Crippen LogP contribution is -2.52. The van der Waals surface area contributed by atoms with E-state index in [0.29, 0.717) is 13.2 Å². The summed E-state index contributed by atoms with van der Waals surface area (Å²) in [6, 6.07) is -0.524. The van der Waals surface area contributed by atoms with Crippen LogP contribution in [-0.2, 0) is 9.53 Å². The molecule has 1 unspecified atom stereocenters. The molecule has 1 saturated heterocycles. The smallest absolute Gasteiger partial charge is 0.321 e. The molecule has 1 rings (SSSR count). The average Bonchev–Trinajstić information content (AvgIpc) is 2.51. The number of hydrogen-bond donors (Lipinski definition) is 2. The van der Waals surface area contributed by atoms with Crippen LogP contribution < -0.4 is 10.6 Å². The van der Waals surface area contributed by atoms with Crippen molar-refractivity contribution in [1.29, 1.82) is 0 Å². The van der Waals surface area contributed by atoms with E-state index in [-0.39, 0.29) is 11.4 Å². The second-order valence-corrected chi connectivity index (χ2v) is 3.77. The number of nitrogens with one attached hydrogen (secondary N) is 2. The molecule has 6 heteroatoms. The Balaban J connectivity index is 2.36. The first-order chi connectivity index (χ1) is 6.56. The van der Waals surface area contributed by atoms with Crippen molar-refractivity contribution in [1.82, 2.24) is 10.6 Å². The van der Waals surface area contributed by atoms with E-state index >= 15 is 0 Å². The quantitative estimate of drug-likeness (QED) is 0.655. The Kier molecular flexibility index (Phi) is 3.71. The number of rotatable bonds is 2. The first-order valence-electron chi connectivity index (χ1n) is 4.31. The van der Waals surface area contributed by atoms with Crippen molar-refractivity contribution in [3.05, 3.63) is 0 Å². The minimum atomic E-state index is -0.524. The maximum absolute atomic E-state index is 11.2. The number of carbonyl (C=O) groups excluding carboxylic acids is 2. The van der Waals surface area contributed by atoms with Crippen LogP contribution in [0.1, 0.15) is 13.3 Å². The van der Waals surface area contributed by atoms with E-state index in [4.69, 9.17) is 16.3 Å². The SMILES string of the molecule is CC1(NC(=O)NC(=O)CCl)CCOC1. The van der Waals surface area contributed by atoms with Crippen LogP contribution in [-0.4, -0.2) is 36.6 Å². The molecule has 2 N–H and O–H groups in total. The van der Waals surface area contributed by atoms with Gasteiger partial charge in [0.1, 0.15) is 5.88 Å². The van der Waals surface area contributed by atoms with Gasteiger partial charge in [-0.25, -0.2) is 4.79 Å². The molecule has 0 aromatic heterocycles. The van der Waals surface area contributed by atoms with Gasteiger partial charge in [-0.15, -0.1) is 11.6 Å². The molecule has 0 radical (unpaired) electrons. The van der Waals surface area contributed by atoms with Gasteiger partial charge in [-0.05, 0) is 13.3 Å². The molecule has 1 atom stereocenters. The van der Waals surface area contributed by atoms with Crippen molar-refractivity contribution >= 4 is 23.5 Å². The Morgan fingerprint density at radius 1 is 1.57 bits per heavy atom. The maximum Gasteiger partial charge on any atom is 0.321 e. The van der Waals surface area contributed by atoms with Crippen LogP contribution >= 0.6 is 11.6 Å². The van der Waals surface area contributed by atoms with E-state index in [9.17, 15) is 9.59 Å². The van der Waals surface area contributed by atoms with E-state index in [1.807, 2.05) is 6.92 Å². The number of ether oxygens (including phenoxy) is 1. The largest absolute Gasteiger partial charge is 0.379 e. The third kappa shape index (κ3) is 3.16. The zero-order valence-corrected chi connectivity index (χ0v) is 8.69. The highest BCUT2D eigenvalue weighted by Gasteiger charge is 2.31. The predicted octanol–water partition coefficient (Wildman–Crippen LogP) is 0.230. The molecule has 0 spiro atoms. The fourth-order valence-corrected chi connectivity index (χ4v) is 1.30. The monoisotopic (exact) mass is 220 g/mol. The standard InChI is InChI=1S/C8H13ClN2O3/c1-8(2-3-14-5-8)11-7(13)10-6(12)4-9/h2-5H2,1H3,(H2,10,11,12,13). The summed E-state index contributed by atoms with van der Waals surface area (Å²) in [5.74, 6) is -0.729. The van der Waals surface area contributed by atoms with Crippen LogP contribution in [0.25, 0.3) is 0 Å². The second kappa shape index (κ2) is 4.61. The summed E-state index contributed by atoms with van der Waals surface area (Å²) >= 11 is 5.23. The van der Waals surface area contributed by atoms with Crippen molar-refractivity contribution in [2.24, 2.45) is 0 Å². The van der Waals surface area contributed by atoms with Gasteiger partial charge in [-0.2, -0.15) is 0 Å². The maximum atomic E-state index is 11.2. The molecular formula is C8H13ClN2O3. The normalized spacial score (nSPS) is 25.9. The number of imide groups is 1. The van der Waals surface area contributed by atoms with Gasteiger partial charge in [-0.1, -0.05) is 0 Å². The van der Waals surface area contributed by atoms with Gasteiger partial charge in [-0.3, -0.25) is 10.1 Å². The molecule has 0 aliphatic carbocycles. The number of amides is 3. The third-order valence-electron chi connectivity index (χ3n) is 2.01. The molecule has 0 aromatic rings. The van der Waals surface area contributed by atoms with E-state index < -0.39 is 11.9 Å². The summed E-state index contributed by atoms with van der Waals surface area (Å²) in [6.07, 6.45) is 0.746. The number of alkyl halides is 1. The van der Waals surface area contributed by atoms with Gasteiger partial charge in [0.2, 0.25) is 5.91 Å². The molecule has 0 aromatic carbocycles. The fourth-order valence-electron chi connectivity index (χ4n) is 1.23. The second-order valence-electron chi connectivity index (χ2n) is 3.50. The molecule has 0 bridgehead atoms. The molecular weight excluding hydrogens is 208 g/mol. The Bertz CT molecular complexity index is 239. The van der Waals surface area contributed by atoms with Crippen molar-refractivity contribution in [2.45, 2.75) is 18.9 Å². The average molecular weight is 221 g/mol. The van der Waals surface area contributed by atoms with Crippen LogP contribution in [0.4, 0.5) is 4.79 Å². The minimum Gasteiger partial charge on any atom is -0.379 e. The highest BCUT2D eigenvalue weighted by molar-refractivity contribution is 6.28. The predicted molar refractivity (Wildman–Crippen MR) is 51.2 cm³/mol. The molecule has 1 aliphatic heterocycles. The molecule has 5 nitrogen and oxygen atoms in total. The van der Waals surface area contributed by atoms with E-state index in [0.717, 1.165) is 6.42 Å². The Labute approximate surface area is 87.1 Å². The lowest BCUT2D eigenvalue weighted by molar-refractivity contribution is -0.117. The van der Waals surface area contributed by atoms with Crippen molar-refractivity contribution in [2.75, 3.05) is 19.1 Å². The number of hydrogen-bond acceptors (Lipinski definition) is 3. The molecule has 14 heavy (non-hydrogen) atoms. The van der Waals surface area contributed by atoms with Gasteiger partial charge < -0.3 is 10.1 Å². The lowest BCUT2D eigenvalue weighted by Gasteiger charge is -2.23. The minimum absolute atomic E-state index is 0.222. The summed E-state index contributed by atoms with van der Waals surface area (Å²) in [5, 5.41) is 4.77. The molecule has 1 fully saturated rings. The van der Waals surface area contributed by atoms with E-state index in [2.05, 4.69) is 10.6 Å². The van der Waals surface area contributed by atoms with Crippen LogP contribution in [0.3, 0.4) is 0 Å². The van der Waals surface area contributed by atoms with Gasteiger partial charge in [0.25, 0.3) is 0 Å². The number of urea groups is 1. The topological polar surface area (TPSA) is 67.4 Å². The molecule has 1 heterocycles. The summed E-state index contributed by atoms with van der Waals surface area (Å²) in [6.45, 7) is 2.96. The Morgan fingerprint density at radius 2 is 2.29 bits per heavy atom. The van der Waals surface area contributed by atoms with Crippen LogP contribution in [0, 0.1) is 0 Å². The van der Waals surface area contributed by atoms with Gasteiger partial charge in [0, 0.05) is 6.61 Å². The fraction of sp³-hybridized carbons (Fsp3) is 0.750. The first-order valence-corrected chi connectivity index (χ1v) is 4.85. The first kappa shape index (κ1) is 11.3. The lowest BCUT2D eigenvalue weighted by atomic mass is 10.0.